The monoisotopic (exact) mass is 281 g/mol. The van der Waals surface area contributed by atoms with E-state index in [0.717, 1.165) is 29.8 Å². The number of carboxylic acid groups (broad SMARTS) is 1. The lowest BCUT2D eigenvalue weighted by molar-refractivity contribution is -0.136. The Kier molecular flexibility index (Phi) is 5.40. The molecule has 0 amide bonds. The molecule has 3 nitrogen and oxygen atoms in total. The molecule has 0 unspecified atom stereocenters. The zero-order chi connectivity index (χ0) is 13.7. The quantitative estimate of drug-likeness (QED) is 0.841. The Morgan fingerprint density at radius 2 is 2.00 bits per heavy atom. The van der Waals surface area contributed by atoms with Crippen molar-refractivity contribution in [3.05, 3.63) is 21.9 Å². The van der Waals surface area contributed by atoms with Gasteiger partial charge in [-0.25, -0.2) is 0 Å². The fraction of sp³-hybridized carbons (Fsp3) is 0.667. The highest BCUT2D eigenvalue weighted by molar-refractivity contribution is 7.12. The van der Waals surface area contributed by atoms with Crippen molar-refractivity contribution in [3.63, 3.8) is 0 Å². The van der Waals surface area contributed by atoms with Crippen LogP contribution < -0.4 is 5.32 Å². The molecular weight excluding hydrogens is 258 g/mol. The fourth-order valence-corrected chi connectivity index (χ4v) is 3.67. The average Bonchev–Trinajstić information content (AvgIpc) is 2.78. The van der Waals surface area contributed by atoms with Gasteiger partial charge in [0.15, 0.2) is 0 Å². The van der Waals surface area contributed by atoms with Crippen molar-refractivity contribution in [1.29, 1.82) is 0 Å². The number of rotatable bonds is 6. The summed E-state index contributed by atoms with van der Waals surface area (Å²) >= 11 is 1.60. The van der Waals surface area contributed by atoms with Gasteiger partial charge in [-0.05, 0) is 43.4 Å². The summed E-state index contributed by atoms with van der Waals surface area (Å²) < 4.78 is 0. The number of hydrogen-bond donors (Lipinski definition) is 2. The van der Waals surface area contributed by atoms with Crippen molar-refractivity contribution in [2.24, 2.45) is 11.8 Å². The first-order valence-corrected chi connectivity index (χ1v) is 7.95. The molecule has 1 aromatic heterocycles. The Morgan fingerprint density at radius 1 is 1.32 bits per heavy atom. The molecule has 0 saturated heterocycles. The van der Waals surface area contributed by atoms with E-state index in [1.807, 2.05) is 12.1 Å². The summed E-state index contributed by atoms with van der Waals surface area (Å²) in [7, 11) is 0. The summed E-state index contributed by atoms with van der Waals surface area (Å²) in [5.41, 5.74) is 0. The second-order valence-electron chi connectivity index (χ2n) is 5.70. The van der Waals surface area contributed by atoms with Gasteiger partial charge < -0.3 is 10.4 Å². The molecule has 0 aliphatic heterocycles. The first kappa shape index (κ1) is 14.5. The molecule has 1 aliphatic rings. The van der Waals surface area contributed by atoms with Crippen LogP contribution in [0.3, 0.4) is 0 Å². The fourth-order valence-electron chi connectivity index (χ4n) is 2.69. The summed E-state index contributed by atoms with van der Waals surface area (Å²) in [4.78, 5) is 12.8. The molecular formula is C15H23NO2S. The lowest BCUT2D eigenvalue weighted by Gasteiger charge is -2.26. The van der Waals surface area contributed by atoms with Gasteiger partial charge in [-0.3, -0.25) is 4.79 Å². The van der Waals surface area contributed by atoms with Gasteiger partial charge in [0, 0.05) is 16.3 Å². The van der Waals surface area contributed by atoms with Crippen molar-refractivity contribution < 1.29 is 9.90 Å². The molecule has 1 saturated carbocycles. The molecule has 1 aliphatic carbocycles. The molecule has 2 rings (SSSR count). The number of hydrogen-bond acceptors (Lipinski definition) is 3. The first-order valence-electron chi connectivity index (χ1n) is 7.13. The summed E-state index contributed by atoms with van der Waals surface area (Å²) in [6.45, 7) is 4.31. The second kappa shape index (κ2) is 7.06. The van der Waals surface area contributed by atoms with Crippen molar-refractivity contribution in [3.8, 4) is 0 Å². The highest BCUT2D eigenvalue weighted by Crippen LogP contribution is 2.27. The van der Waals surface area contributed by atoms with E-state index in [1.54, 1.807) is 11.3 Å². The Hall–Kier alpha value is -0.870. The van der Waals surface area contributed by atoms with Crippen molar-refractivity contribution in [2.45, 2.75) is 45.6 Å². The molecule has 19 heavy (non-hydrogen) atoms. The van der Waals surface area contributed by atoms with Crippen LogP contribution in [0.1, 0.15) is 42.4 Å². The number of thiophene rings is 1. The van der Waals surface area contributed by atoms with Crippen LogP contribution >= 0.6 is 11.3 Å². The largest absolute Gasteiger partial charge is 0.481 e. The third-order valence-electron chi connectivity index (χ3n) is 3.91. The summed E-state index contributed by atoms with van der Waals surface area (Å²) in [5.74, 6) is 0.986. The molecule has 4 heteroatoms. The minimum Gasteiger partial charge on any atom is -0.481 e. The summed E-state index contributed by atoms with van der Waals surface area (Å²) in [6, 6.07) is 3.97. The normalized spacial score (nSPS) is 23.4. The van der Waals surface area contributed by atoms with Crippen LogP contribution in [0.4, 0.5) is 0 Å². The van der Waals surface area contributed by atoms with Crippen LogP contribution in [0.5, 0.6) is 0 Å². The number of carbonyl (C=O) groups is 1. The molecule has 0 aromatic carbocycles. The smallest absolute Gasteiger partial charge is 0.308 e. The van der Waals surface area contributed by atoms with E-state index in [0.29, 0.717) is 0 Å². The Bertz CT molecular complexity index is 408. The van der Waals surface area contributed by atoms with Gasteiger partial charge in [-0.15, -0.1) is 11.3 Å². The SMILES string of the molecule is CC1CCC(CNCc2ccc(CC(=O)O)s2)CC1. The molecule has 0 atom stereocenters. The van der Waals surface area contributed by atoms with E-state index >= 15 is 0 Å². The van der Waals surface area contributed by atoms with E-state index in [1.165, 1.54) is 30.6 Å². The topological polar surface area (TPSA) is 49.3 Å². The van der Waals surface area contributed by atoms with E-state index < -0.39 is 5.97 Å². The summed E-state index contributed by atoms with van der Waals surface area (Å²) in [5, 5.41) is 12.3. The van der Waals surface area contributed by atoms with Gasteiger partial charge in [0.05, 0.1) is 6.42 Å². The third-order valence-corrected chi connectivity index (χ3v) is 5.00. The van der Waals surface area contributed by atoms with Crippen LogP contribution in [-0.2, 0) is 17.8 Å². The van der Waals surface area contributed by atoms with Crippen LogP contribution in [0.25, 0.3) is 0 Å². The van der Waals surface area contributed by atoms with Crippen LogP contribution in [-0.4, -0.2) is 17.6 Å². The Labute approximate surface area is 119 Å². The van der Waals surface area contributed by atoms with Gasteiger partial charge in [0.25, 0.3) is 0 Å². The highest BCUT2D eigenvalue weighted by Gasteiger charge is 2.17. The third kappa shape index (κ3) is 4.96. The van der Waals surface area contributed by atoms with Gasteiger partial charge in [0.2, 0.25) is 0 Å². The zero-order valence-corrected chi connectivity index (χ0v) is 12.3. The highest BCUT2D eigenvalue weighted by atomic mass is 32.1. The molecule has 1 aromatic rings. The van der Waals surface area contributed by atoms with E-state index in [9.17, 15) is 4.79 Å². The first-order chi connectivity index (χ1) is 9.13. The Balaban J connectivity index is 1.68. The number of aliphatic carboxylic acids is 1. The molecule has 106 valence electrons. The lowest BCUT2D eigenvalue weighted by Crippen LogP contribution is -2.25. The van der Waals surface area contributed by atoms with Crippen molar-refractivity contribution in [1.82, 2.24) is 5.32 Å². The molecule has 0 radical (unpaired) electrons. The van der Waals surface area contributed by atoms with Gasteiger partial charge in [0.1, 0.15) is 0 Å². The van der Waals surface area contributed by atoms with Crippen molar-refractivity contribution in [2.75, 3.05) is 6.54 Å². The molecule has 2 N–H and O–H groups in total. The van der Waals surface area contributed by atoms with Crippen LogP contribution in [0.15, 0.2) is 12.1 Å². The molecule has 1 heterocycles. The van der Waals surface area contributed by atoms with E-state index in [-0.39, 0.29) is 6.42 Å². The zero-order valence-electron chi connectivity index (χ0n) is 11.5. The lowest BCUT2D eigenvalue weighted by atomic mass is 9.83. The van der Waals surface area contributed by atoms with Crippen molar-refractivity contribution >= 4 is 17.3 Å². The van der Waals surface area contributed by atoms with Gasteiger partial charge in [-0.1, -0.05) is 19.8 Å². The van der Waals surface area contributed by atoms with Gasteiger partial charge in [-0.2, -0.15) is 0 Å². The maximum atomic E-state index is 10.6. The average molecular weight is 281 g/mol. The second-order valence-corrected chi connectivity index (χ2v) is 6.95. The summed E-state index contributed by atoms with van der Waals surface area (Å²) in [6.07, 6.45) is 5.58. The standard InChI is InChI=1S/C15H23NO2S/c1-11-2-4-12(5-3-11)9-16-10-14-7-6-13(19-14)8-15(17)18/h6-7,11-12,16H,2-5,8-10H2,1H3,(H,17,18). The predicted molar refractivity (Wildman–Crippen MR) is 78.5 cm³/mol. The number of nitrogens with one attached hydrogen (secondary N) is 1. The number of carboxylic acids is 1. The maximum Gasteiger partial charge on any atom is 0.308 e. The van der Waals surface area contributed by atoms with Crippen LogP contribution in [0.2, 0.25) is 0 Å². The maximum absolute atomic E-state index is 10.6. The molecule has 0 spiro atoms. The molecule has 1 fully saturated rings. The minimum absolute atomic E-state index is 0.144. The van der Waals surface area contributed by atoms with Gasteiger partial charge >= 0.3 is 5.97 Å². The van der Waals surface area contributed by atoms with E-state index in [4.69, 9.17) is 5.11 Å². The minimum atomic E-state index is -0.752. The molecule has 0 bridgehead atoms. The predicted octanol–water partition coefficient (Wildman–Crippen LogP) is 3.29. The van der Waals surface area contributed by atoms with Crippen LogP contribution in [0, 0.1) is 11.8 Å². The van der Waals surface area contributed by atoms with E-state index in [2.05, 4.69) is 12.2 Å². The Morgan fingerprint density at radius 3 is 2.68 bits per heavy atom.